The average Bonchev–Trinajstić information content (AvgIpc) is 2.90. The van der Waals surface area contributed by atoms with E-state index >= 15 is 0 Å². The summed E-state index contributed by atoms with van der Waals surface area (Å²) in [6.07, 6.45) is 0.538. The van der Waals surface area contributed by atoms with Gasteiger partial charge in [-0.1, -0.05) is 6.92 Å². The van der Waals surface area contributed by atoms with E-state index in [0.29, 0.717) is 24.2 Å². The molecule has 0 bridgehead atoms. The highest BCUT2D eigenvalue weighted by atomic mass is 79.9. The van der Waals surface area contributed by atoms with Crippen molar-refractivity contribution >= 4 is 33.7 Å². The highest BCUT2D eigenvalue weighted by Gasteiger charge is 2.31. The fourth-order valence-electron chi connectivity index (χ4n) is 2.20. The quantitative estimate of drug-likeness (QED) is 0.821. The lowest BCUT2D eigenvalue weighted by Crippen LogP contribution is -2.58. The summed E-state index contributed by atoms with van der Waals surface area (Å²) in [7, 11) is 0. The number of amides is 3. The first-order chi connectivity index (χ1) is 10.0. The largest absolute Gasteiger partial charge is 0.444 e. The molecule has 0 spiro atoms. The van der Waals surface area contributed by atoms with Crippen LogP contribution in [0.2, 0.25) is 0 Å². The molecule has 1 atom stereocenters. The van der Waals surface area contributed by atoms with Crippen LogP contribution >= 0.6 is 15.9 Å². The fraction of sp³-hybridized carbons (Fsp3) is 0.462. The van der Waals surface area contributed by atoms with Crippen molar-refractivity contribution in [3.8, 4) is 0 Å². The molecule has 21 heavy (non-hydrogen) atoms. The Morgan fingerprint density at radius 2 is 2.29 bits per heavy atom. The van der Waals surface area contributed by atoms with Crippen molar-refractivity contribution in [1.82, 2.24) is 15.5 Å². The van der Waals surface area contributed by atoms with Crippen molar-refractivity contribution in [2.24, 2.45) is 0 Å². The normalized spacial score (nSPS) is 18.3. The van der Waals surface area contributed by atoms with Crippen LogP contribution in [-0.4, -0.2) is 48.3 Å². The Kier molecular flexibility index (Phi) is 5.00. The zero-order valence-electron chi connectivity index (χ0n) is 11.5. The summed E-state index contributed by atoms with van der Waals surface area (Å²) < 4.78 is 5.54. The van der Waals surface area contributed by atoms with Crippen LogP contribution in [0.15, 0.2) is 21.2 Å². The Bertz CT molecular complexity index is 557. The van der Waals surface area contributed by atoms with Gasteiger partial charge in [0.05, 0.1) is 6.54 Å². The van der Waals surface area contributed by atoms with Crippen LogP contribution in [0, 0.1) is 0 Å². The SMILES string of the molecule is CCC1C(=O)NCCN1C(=O)CNC(=O)c1ccc(Br)o1. The highest BCUT2D eigenvalue weighted by Crippen LogP contribution is 2.14. The number of nitrogens with zero attached hydrogens (tertiary/aromatic N) is 1. The van der Waals surface area contributed by atoms with Crippen LogP contribution in [0.25, 0.3) is 0 Å². The minimum atomic E-state index is -0.471. The second kappa shape index (κ2) is 6.75. The third-order valence-corrected chi connectivity index (χ3v) is 3.66. The average molecular weight is 358 g/mol. The molecule has 1 fully saturated rings. The van der Waals surface area contributed by atoms with Gasteiger partial charge in [-0.25, -0.2) is 0 Å². The molecule has 1 unspecified atom stereocenters. The first-order valence-electron chi connectivity index (χ1n) is 6.63. The Morgan fingerprint density at radius 1 is 1.52 bits per heavy atom. The number of carbonyl (C=O) groups excluding carboxylic acids is 3. The van der Waals surface area contributed by atoms with Crippen LogP contribution in [0.3, 0.4) is 0 Å². The van der Waals surface area contributed by atoms with Crippen LogP contribution in [0.4, 0.5) is 0 Å². The molecular formula is C13H16BrN3O4. The maximum absolute atomic E-state index is 12.1. The summed E-state index contributed by atoms with van der Waals surface area (Å²) in [4.78, 5) is 37.1. The van der Waals surface area contributed by atoms with E-state index in [1.165, 1.54) is 11.0 Å². The van der Waals surface area contributed by atoms with Crippen molar-refractivity contribution in [3.63, 3.8) is 0 Å². The number of nitrogens with one attached hydrogen (secondary N) is 2. The van der Waals surface area contributed by atoms with Crippen LogP contribution in [0.1, 0.15) is 23.9 Å². The monoisotopic (exact) mass is 357 g/mol. The van der Waals surface area contributed by atoms with E-state index in [2.05, 4.69) is 26.6 Å². The fourth-order valence-corrected chi connectivity index (χ4v) is 2.51. The summed E-state index contributed by atoms with van der Waals surface area (Å²) >= 11 is 3.10. The third-order valence-electron chi connectivity index (χ3n) is 3.24. The maximum Gasteiger partial charge on any atom is 0.287 e. The van der Waals surface area contributed by atoms with Gasteiger partial charge in [-0.2, -0.15) is 0 Å². The van der Waals surface area contributed by atoms with Gasteiger partial charge in [0.1, 0.15) is 6.04 Å². The molecular weight excluding hydrogens is 342 g/mol. The highest BCUT2D eigenvalue weighted by molar-refractivity contribution is 9.10. The van der Waals surface area contributed by atoms with E-state index in [1.807, 2.05) is 6.92 Å². The van der Waals surface area contributed by atoms with Crippen molar-refractivity contribution in [2.45, 2.75) is 19.4 Å². The van der Waals surface area contributed by atoms with Gasteiger partial charge in [0.25, 0.3) is 5.91 Å². The molecule has 1 aromatic rings. The van der Waals surface area contributed by atoms with Crippen LogP contribution in [0.5, 0.6) is 0 Å². The van der Waals surface area contributed by atoms with Crippen LogP contribution in [-0.2, 0) is 9.59 Å². The molecule has 8 heteroatoms. The lowest BCUT2D eigenvalue weighted by molar-refractivity contribution is -0.142. The van der Waals surface area contributed by atoms with E-state index in [4.69, 9.17) is 4.42 Å². The molecule has 2 heterocycles. The van der Waals surface area contributed by atoms with E-state index < -0.39 is 11.9 Å². The summed E-state index contributed by atoms with van der Waals surface area (Å²) in [5.74, 6) is -0.782. The van der Waals surface area contributed by atoms with Crippen LogP contribution < -0.4 is 10.6 Å². The Hall–Kier alpha value is -1.83. The molecule has 0 aliphatic carbocycles. The predicted octanol–water partition coefficient (Wildman–Crippen LogP) is 0.509. The zero-order valence-corrected chi connectivity index (χ0v) is 13.1. The minimum absolute atomic E-state index is 0.123. The summed E-state index contributed by atoms with van der Waals surface area (Å²) in [6.45, 7) is 2.56. The van der Waals surface area contributed by atoms with E-state index in [0.717, 1.165) is 0 Å². The molecule has 7 nitrogen and oxygen atoms in total. The molecule has 1 saturated heterocycles. The molecule has 1 aromatic heterocycles. The lowest BCUT2D eigenvalue weighted by atomic mass is 10.1. The number of hydrogen-bond donors (Lipinski definition) is 2. The van der Waals surface area contributed by atoms with Gasteiger partial charge in [-0.15, -0.1) is 0 Å². The smallest absolute Gasteiger partial charge is 0.287 e. The Morgan fingerprint density at radius 3 is 2.90 bits per heavy atom. The third kappa shape index (κ3) is 3.63. The minimum Gasteiger partial charge on any atom is -0.444 e. The molecule has 114 valence electrons. The Balaban J connectivity index is 1.91. The number of hydrogen-bond acceptors (Lipinski definition) is 4. The second-order valence-electron chi connectivity index (χ2n) is 4.59. The van der Waals surface area contributed by atoms with Gasteiger partial charge in [-0.3, -0.25) is 14.4 Å². The molecule has 0 radical (unpaired) electrons. The molecule has 3 amide bonds. The number of rotatable bonds is 4. The summed E-state index contributed by atoms with van der Waals surface area (Å²) in [5, 5.41) is 5.21. The van der Waals surface area contributed by atoms with Gasteiger partial charge < -0.3 is 20.0 Å². The van der Waals surface area contributed by atoms with Crippen molar-refractivity contribution in [2.75, 3.05) is 19.6 Å². The van der Waals surface area contributed by atoms with Crippen molar-refractivity contribution < 1.29 is 18.8 Å². The molecule has 0 saturated carbocycles. The second-order valence-corrected chi connectivity index (χ2v) is 5.37. The van der Waals surface area contributed by atoms with Gasteiger partial charge in [0, 0.05) is 13.1 Å². The molecule has 1 aliphatic rings. The maximum atomic E-state index is 12.1. The van der Waals surface area contributed by atoms with E-state index in [9.17, 15) is 14.4 Å². The number of furan rings is 1. The molecule has 2 N–H and O–H groups in total. The number of halogens is 1. The first kappa shape index (κ1) is 15.6. The van der Waals surface area contributed by atoms with E-state index in [1.54, 1.807) is 6.07 Å². The van der Waals surface area contributed by atoms with E-state index in [-0.39, 0.29) is 24.1 Å². The van der Waals surface area contributed by atoms with Crippen molar-refractivity contribution in [3.05, 3.63) is 22.6 Å². The number of carbonyl (C=O) groups is 3. The lowest BCUT2D eigenvalue weighted by Gasteiger charge is -2.34. The van der Waals surface area contributed by atoms with Gasteiger partial charge in [-0.05, 0) is 34.5 Å². The van der Waals surface area contributed by atoms with Gasteiger partial charge >= 0.3 is 0 Å². The topological polar surface area (TPSA) is 91.7 Å². The summed E-state index contributed by atoms with van der Waals surface area (Å²) in [6, 6.07) is 2.63. The van der Waals surface area contributed by atoms with Gasteiger partial charge in [0.15, 0.2) is 10.4 Å². The molecule has 2 rings (SSSR count). The molecule has 1 aliphatic heterocycles. The molecule has 0 aromatic carbocycles. The summed E-state index contributed by atoms with van der Waals surface area (Å²) in [5.41, 5.74) is 0. The first-order valence-corrected chi connectivity index (χ1v) is 7.43. The number of piperazine rings is 1. The Labute approximate surface area is 130 Å². The predicted molar refractivity (Wildman–Crippen MR) is 77.5 cm³/mol. The van der Waals surface area contributed by atoms with Crippen molar-refractivity contribution in [1.29, 1.82) is 0 Å². The zero-order chi connectivity index (χ0) is 15.4. The van der Waals surface area contributed by atoms with Gasteiger partial charge in [0.2, 0.25) is 11.8 Å². The standard InChI is InChI=1S/C13H16BrN3O4/c1-2-8-12(19)15-5-6-17(8)11(18)7-16-13(20)9-3-4-10(14)21-9/h3-4,8H,2,5-7H2,1H3,(H,15,19)(H,16,20).